The van der Waals surface area contributed by atoms with Crippen molar-refractivity contribution in [2.45, 2.75) is 39.7 Å². The summed E-state index contributed by atoms with van der Waals surface area (Å²) in [5.41, 5.74) is 3.03. The summed E-state index contributed by atoms with van der Waals surface area (Å²) >= 11 is 0. The quantitative estimate of drug-likeness (QED) is 0.752. The smallest absolute Gasteiger partial charge is 0.319 e. The molecule has 0 aliphatic rings. The minimum absolute atomic E-state index is 0.0146. The fourth-order valence-electron chi connectivity index (χ4n) is 1.83. The number of benzene rings is 1. The van der Waals surface area contributed by atoms with E-state index in [9.17, 15) is 4.79 Å². The fourth-order valence-corrected chi connectivity index (χ4v) is 1.83. The molecular weight excluding hydrogens is 228 g/mol. The molecule has 4 nitrogen and oxygen atoms in total. The molecule has 1 rings (SSSR count). The number of carbonyl (C=O) groups excluding carboxylic acids is 1. The van der Waals surface area contributed by atoms with E-state index in [-0.39, 0.29) is 18.7 Å². The molecule has 0 fully saturated rings. The normalized spacial score (nSPS) is 12.0. The Kier molecular flexibility index (Phi) is 5.65. The van der Waals surface area contributed by atoms with E-state index in [4.69, 9.17) is 5.11 Å². The molecule has 3 N–H and O–H groups in total. The molecule has 4 heteroatoms. The van der Waals surface area contributed by atoms with E-state index >= 15 is 0 Å². The first-order valence-corrected chi connectivity index (χ1v) is 6.32. The third kappa shape index (κ3) is 4.37. The maximum absolute atomic E-state index is 11.8. The second kappa shape index (κ2) is 7.01. The van der Waals surface area contributed by atoms with Gasteiger partial charge in [-0.1, -0.05) is 24.6 Å². The fraction of sp³-hybridized carbons (Fsp3) is 0.500. The molecule has 1 aromatic carbocycles. The van der Waals surface area contributed by atoms with E-state index in [1.807, 2.05) is 39.0 Å². The number of hydrogen-bond acceptors (Lipinski definition) is 2. The number of carbonyl (C=O) groups is 1. The minimum atomic E-state index is -0.220. The molecule has 1 unspecified atom stereocenters. The van der Waals surface area contributed by atoms with Crippen molar-refractivity contribution >= 4 is 11.7 Å². The van der Waals surface area contributed by atoms with E-state index in [2.05, 4.69) is 10.6 Å². The molecule has 100 valence electrons. The highest BCUT2D eigenvalue weighted by molar-refractivity contribution is 5.90. The average Bonchev–Trinajstić information content (AvgIpc) is 2.32. The van der Waals surface area contributed by atoms with Crippen LogP contribution in [0.5, 0.6) is 0 Å². The Labute approximate surface area is 108 Å². The number of nitrogens with one attached hydrogen (secondary N) is 2. The number of aliphatic hydroxyl groups excluding tert-OH is 1. The molecule has 1 atom stereocenters. The third-order valence-electron chi connectivity index (χ3n) is 2.94. The molecule has 0 saturated heterocycles. The van der Waals surface area contributed by atoms with Crippen LogP contribution in [-0.4, -0.2) is 23.8 Å². The van der Waals surface area contributed by atoms with Gasteiger partial charge in [-0.25, -0.2) is 4.79 Å². The Morgan fingerprint density at radius 2 is 2.11 bits per heavy atom. The maximum atomic E-state index is 11.8. The summed E-state index contributed by atoms with van der Waals surface area (Å²) in [6, 6.07) is 5.69. The van der Waals surface area contributed by atoms with Gasteiger partial charge in [0.25, 0.3) is 0 Å². The van der Waals surface area contributed by atoms with Crippen LogP contribution in [0.25, 0.3) is 0 Å². The van der Waals surface area contributed by atoms with Gasteiger partial charge in [0.15, 0.2) is 0 Å². The van der Waals surface area contributed by atoms with E-state index < -0.39 is 0 Å². The van der Waals surface area contributed by atoms with Gasteiger partial charge in [-0.15, -0.1) is 0 Å². The first-order chi connectivity index (χ1) is 8.56. The molecule has 1 aromatic rings. The molecule has 0 bridgehead atoms. The van der Waals surface area contributed by atoms with Crippen molar-refractivity contribution in [1.29, 1.82) is 0 Å². The summed E-state index contributed by atoms with van der Waals surface area (Å²) in [5.74, 6) is 0. The van der Waals surface area contributed by atoms with Crippen molar-refractivity contribution in [2.24, 2.45) is 0 Å². The molecule has 2 amide bonds. The molecule has 0 radical (unpaired) electrons. The lowest BCUT2D eigenvalue weighted by molar-refractivity contribution is 0.237. The van der Waals surface area contributed by atoms with Crippen molar-refractivity contribution < 1.29 is 9.90 Å². The zero-order valence-corrected chi connectivity index (χ0v) is 11.3. The summed E-state index contributed by atoms with van der Waals surface area (Å²) in [6.45, 7) is 6.05. The predicted octanol–water partition coefficient (Wildman–Crippen LogP) is 2.59. The van der Waals surface area contributed by atoms with Crippen molar-refractivity contribution in [2.75, 3.05) is 11.9 Å². The van der Waals surface area contributed by atoms with Crippen LogP contribution in [0, 0.1) is 13.8 Å². The molecule has 0 heterocycles. The van der Waals surface area contributed by atoms with Crippen LogP contribution in [0.15, 0.2) is 18.2 Å². The lowest BCUT2D eigenvalue weighted by Gasteiger charge is -2.17. The average molecular weight is 250 g/mol. The van der Waals surface area contributed by atoms with E-state index in [1.165, 1.54) is 5.56 Å². The van der Waals surface area contributed by atoms with Crippen LogP contribution < -0.4 is 10.6 Å². The van der Waals surface area contributed by atoms with Crippen molar-refractivity contribution in [3.8, 4) is 0 Å². The van der Waals surface area contributed by atoms with Crippen LogP contribution in [0.4, 0.5) is 10.5 Å². The Morgan fingerprint density at radius 1 is 1.39 bits per heavy atom. The summed E-state index contributed by atoms with van der Waals surface area (Å²) in [7, 11) is 0. The SMILES string of the molecule is CCC(CCO)NC(=O)Nc1ccc(C)cc1C. The summed E-state index contributed by atoms with van der Waals surface area (Å²) in [6.07, 6.45) is 1.39. The first kappa shape index (κ1) is 14.5. The minimum Gasteiger partial charge on any atom is -0.396 e. The number of amides is 2. The van der Waals surface area contributed by atoms with Crippen molar-refractivity contribution in [3.05, 3.63) is 29.3 Å². The van der Waals surface area contributed by atoms with Crippen LogP contribution in [0.3, 0.4) is 0 Å². The lowest BCUT2D eigenvalue weighted by Crippen LogP contribution is -2.38. The number of hydrogen-bond donors (Lipinski definition) is 3. The Hall–Kier alpha value is -1.55. The van der Waals surface area contributed by atoms with Crippen LogP contribution >= 0.6 is 0 Å². The molecule has 18 heavy (non-hydrogen) atoms. The molecule has 0 aromatic heterocycles. The third-order valence-corrected chi connectivity index (χ3v) is 2.94. The van der Waals surface area contributed by atoms with Gasteiger partial charge in [-0.3, -0.25) is 0 Å². The van der Waals surface area contributed by atoms with Crippen LogP contribution in [0.2, 0.25) is 0 Å². The number of urea groups is 1. The monoisotopic (exact) mass is 250 g/mol. The highest BCUT2D eigenvalue weighted by Gasteiger charge is 2.10. The second-order valence-corrected chi connectivity index (χ2v) is 4.53. The van der Waals surface area contributed by atoms with Crippen LogP contribution in [0.1, 0.15) is 30.9 Å². The largest absolute Gasteiger partial charge is 0.396 e. The zero-order chi connectivity index (χ0) is 13.5. The molecule has 0 aliphatic carbocycles. The molecular formula is C14H22N2O2. The lowest BCUT2D eigenvalue weighted by atomic mass is 10.1. The van der Waals surface area contributed by atoms with Gasteiger partial charge in [0.1, 0.15) is 0 Å². The summed E-state index contributed by atoms with van der Waals surface area (Å²) < 4.78 is 0. The van der Waals surface area contributed by atoms with Gasteiger partial charge in [0.2, 0.25) is 0 Å². The summed E-state index contributed by atoms with van der Waals surface area (Å²) in [4.78, 5) is 11.8. The number of aliphatic hydroxyl groups is 1. The van der Waals surface area contributed by atoms with Gasteiger partial charge in [0.05, 0.1) is 0 Å². The first-order valence-electron chi connectivity index (χ1n) is 6.32. The Balaban J connectivity index is 2.58. The molecule has 0 spiro atoms. The van der Waals surface area contributed by atoms with Gasteiger partial charge >= 0.3 is 6.03 Å². The topological polar surface area (TPSA) is 61.4 Å². The zero-order valence-electron chi connectivity index (χ0n) is 11.3. The number of rotatable bonds is 5. The predicted molar refractivity (Wildman–Crippen MR) is 73.9 cm³/mol. The second-order valence-electron chi connectivity index (χ2n) is 4.53. The number of aryl methyl sites for hydroxylation is 2. The highest BCUT2D eigenvalue weighted by Crippen LogP contribution is 2.15. The standard InChI is InChI=1S/C14H22N2O2/c1-4-12(7-8-17)15-14(18)16-13-6-5-10(2)9-11(13)3/h5-6,9,12,17H,4,7-8H2,1-3H3,(H2,15,16,18). The van der Waals surface area contributed by atoms with E-state index in [1.54, 1.807) is 0 Å². The van der Waals surface area contributed by atoms with Gasteiger partial charge in [-0.2, -0.15) is 0 Å². The van der Waals surface area contributed by atoms with E-state index in [0.29, 0.717) is 6.42 Å². The molecule has 0 saturated carbocycles. The summed E-state index contributed by atoms with van der Waals surface area (Å²) in [5, 5.41) is 14.6. The van der Waals surface area contributed by atoms with Gasteiger partial charge in [-0.05, 0) is 38.3 Å². The highest BCUT2D eigenvalue weighted by atomic mass is 16.3. The van der Waals surface area contributed by atoms with Crippen molar-refractivity contribution in [3.63, 3.8) is 0 Å². The van der Waals surface area contributed by atoms with Crippen molar-refractivity contribution in [1.82, 2.24) is 5.32 Å². The number of anilines is 1. The Bertz CT molecular complexity index is 405. The molecule has 0 aliphatic heterocycles. The van der Waals surface area contributed by atoms with Gasteiger partial charge < -0.3 is 15.7 Å². The van der Waals surface area contributed by atoms with E-state index in [0.717, 1.165) is 17.7 Å². The van der Waals surface area contributed by atoms with Crippen LogP contribution in [-0.2, 0) is 0 Å². The maximum Gasteiger partial charge on any atom is 0.319 e. The van der Waals surface area contributed by atoms with Gasteiger partial charge in [0, 0.05) is 18.3 Å². The Morgan fingerprint density at radius 3 is 2.67 bits per heavy atom.